The Hall–Kier alpha value is -3.15. The monoisotopic (exact) mass is 472 g/mol. The van der Waals surface area contributed by atoms with E-state index in [0.29, 0.717) is 31.3 Å². The Labute approximate surface area is 196 Å². The summed E-state index contributed by atoms with van der Waals surface area (Å²) in [5.41, 5.74) is 0.565. The number of aromatic amines is 1. The number of piperazine rings is 1. The predicted octanol–water partition coefficient (Wildman–Crippen LogP) is -0.460. The van der Waals surface area contributed by atoms with Gasteiger partial charge in [0, 0.05) is 39.8 Å². The molecule has 0 bridgehead atoms. The maximum absolute atomic E-state index is 12.7. The van der Waals surface area contributed by atoms with E-state index in [1.54, 1.807) is 11.6 Å². The van der Waals surface area contributed by atoms with Crippen molar-refractivity contribution in [3.63, 3.8) is 0 Å². The molecule has 4 rings (SSSR count). The molecule has 11 nitrogen and oxygen atoms in total. The Morgan fingerprint density at radius 2 is 1.97 bits per heavy atom. The topological polar surface area (TPSA) is 129 Å². The highest BCUT2D eigenvalue weighted by Gasteiger charge is 2.26. The lowest BCUT2D eigenvalue weighted by atomic mass is 10.2. The molecule has 34 heavy (non-hydrogen) atoms. The number of aryl methyl sites for hydroxylation is 2. The number of aliphatic hydroxyl groups is 2. The molecule has 0 aliphatic carbocycles. The summed E-state index contributed by atoms with van der Waals surface area (Å²) in [6, 6.07) is 7.72. The number of imidazole rings is 1. The fourth-order valence-electron chi connectivity index (χ4n) is 4.26. The Bertz CT molecular complexity index is 1240. The normalized spacial score (nSPS) is 15.7. The van der Waals surface area contributed by atoms with Crippen LogP contribution in [0.4, 0.5) is 5.95 Å². The van der Waals surface area contributed by atoms with Crippen LogP contribution in [0.25, 0.3) is 11.2 Å². The number of fused-ring (bicyclic) bond motifs is 1. The number of hydrogen-bond donors (Lipinski definition) is 3. The van der Waals surface area contributed by atoms with E-state index < -0.39 is 17.4 Å². The second kappa shape index (κ2) is 10.4. The van der Waals surface area contributed by atoms with E-state index >= 15 is 0 Å². The van der Waals surface area contributed by atoms with Gasteiger partial charge in [-0.3, -0.25) is 19.2 Å². The Morgan fingerprint density at radius 3 is 2.68 bits per heavy atom. The Morgan fingerprint density at radius 1 is 1.21 bits per heavy atom. The van der Waals surface area contributed by atoms with Gasteiger partial charge in [0.25, 0.3) is 5.56 Å². The van der Waals surface area contributed by atoms with Crippen LogP contribution in [0.1, 0.15) is 12.5 Å². The van der Waals surface area contributed by atoms with Gasteiger partial charge in [0.15, 0.2) is 11.2 Å². The number of aliphatic hydroxyl groups excluding tert-OH is 2. The molecular weight excluding hydrogens is 440 g/mol. The molecule has 184 valence electrons. The highest BCUT2D eigenvalue weighted by molar-refractivity contribution is 5.74. The summed E-state index contributed by atoms with van der Waals surface area (Å²) in [7, 11) is 1.56. The lowest BCUT2D eigenvalue weighted by Gasteiger charge is -2.35. The number of H-pyrrole nitrogens is 1. The summed E-state index contributed by atoms with van der Waals surface area (Å²) in [6.07, 6.45) is -0.0225. The molecule has 1 atom stereocenters. The standard InChI is InChI=1S/C23H32N6O5/c1-3-16-5-4-6-18(13-16)34-15-17(31)14-29-19-20(26(2)23(33)25-21(19)32)24-22(29)28-9-7-27(8-10-28)11-12-30/h4-6,13,17,30-31H,3,7-12,14-15H2,1-2H3,(H,25,32,33)/t17-/m1/s1. The molecule has 3 aromatic rings. The van der Waals surface area contributed by atoms with Gasteiger partial charge in [0.2, 0.25) is 5.95 Å². The van der Waals surface area contributed by atoms with Crippen LogP contribution in [0.2, 0.25) is 0 Å². The molecule has 0 unspecified atom stereocenters. The summed E-state index contributed by atoms with van der Waals surface area (Å²) in [6.45, 7) is 5.65. The quantitative estimate of drug-likeness (QED) is 0.382. The van der Waals surface area contributed by atoms with E-state index in [1.807, 2.05) is 29.2 Å². The zero-order valence-electron chi connectivity index (χ0n) is 19.6. The van der Waals surface area contributed by atoms with Crippen LogP contribution in [0.15, 0.2) is 33.9 Å². The SMILES string of the molecule is CCc1cccc(OC[C@H](O)Cn2c(N3CCN(CCO)CC3)nc3c2c(=O)[nH]c(=O)n3C)c1. The van der Waals surface area contributed by atoms with Crippen LogP contribution < -0.4 is 20.9 Å². The van der Waals surface area contributed by atoms with Gasteiger partial charge in [-0.05, 0) is 24.1 Å². The molecule has 0 spiro atoms. The number of β-amino-alcohol motifs (C(OH)–C–C–N with tert-alkyl or cyclic N) is 1. The van der Waals surface area contributed by atoms with Crippen LogP contribution >= 0.6 is 0 Å². The van der Waals surface area contributed by atoms with Crippen molar-refractivity contribution in [2.24, 2.45) is 7.05 Å². The molecule has 1 saturated heterocycles. The first-order chi connectivity index (χ1) is 16.4. The molecule has 3 heterocycles. The third kappa shape index (κ3) is 5.01. The first-order valence-corrected chi connectivity index (χ1v) is 11.6. The molecule has 2 aromatic heterocycles. The van der Waals surface area contributed by atoms with Gasteiger partial charge in [-0.2, -0.15) is 4.98 Å². The van der Waals surface area contributed by atoms with Crippen molar-refractivity contribution in [1.29, 1.82) is 0 Å². The molecule has 0 radical (unpaired) electrons. The van der Waals surface area contributed by atoms with Gasteiger partial charge in [0.05, 0.1) is 13.2 Å². The van der Waals surface area contributed by atoms with Crippen molar-refractivity contribution in [3.8, 4) is 5.75 Å². The van der Waals surface area contributed by atoms with E-state index in [0.717, 1.165) is 25.1 Å². The van der Waals surface area contributed by atoms with Crippen molar-refractivity contribution >= 4 is 17.1 Å². The fraction of sp³-hybridized carbons (Fsp3) is 0.522. The zero-order chi connectivity index (χ0) is 24.2. The summed E-state index contributed by atoms with van der Waals surface area (Å²) in [5.74, 6) is 1.20. The van der Waals surface area contributed by atoms with Gasteiger partial charge >= 0.3 is 5.69 Å². The molecule has 1 fully saturated rings. The summed E-state index contributed by atoms with van der Waals surface area (Å²) >= 11 is 0. The molecule has 1 aliphatic rings. The number of rotatable bonds is 9. The van der Waals surface area contributed by atoms with E-state index in [2.05, 4.69) is 21.8 Å². The third-order valence-electron chi connectivity index (χ3n) is 6.20. The highest BCUT2D eigenvalue weighted by atomic mass is 16.5. The number of nitrogens with one attached hydrogen (secondary N) is 1. The van der Waals surface area contributed by atoms with Gasteiger partial charge in [0.1, 0.15) is 18.5 Å². The molecule has 1 aromatic carbocycles. The predicted molar refractivity (Wildman–Crippen MR) is 129 cm³/mol. The second-order valence-electron chi connectivity index (χ2n) is 8.53. The number of ether oxygens (including phenoxy) is 1. The van der Waals surface area contributed by atoms with Crippen molar-refractivity contribution < 1.29 is 14.9 Å². The number of nitrogens with zero attached hydrogens (tertiary/aromatic N) is 5. The average molecular weight is 473 g/mol. The number of aromatic nitrogens is 4. The molecule has 11 heteroatoms. The maximum atomic E-state index is 12.7. The van der Waals surface area contributed by atoms with Crippen LogP contribution in [0.5, 0.6) is 5.75 Å². The minimum absolute atomic E-state index is 0.0419. The molecule has 0 amide bonds. The van der Waals surface area contributed by atoms with E-state index in [1.165, 1.54) is 4.57 Å². The fourth-order valence-corrected chi connectivity index (χ4v) is 4.26. The largest absolute Gasteiger partial charge is 0.491 e. The van der Waals surface area contributed by atoms with E-state index in [4.69, 9.17) is 4.74 Å². The van der Waals surface area contributed by atoms with E-state index in [9.17, 15) is 19.8 Å². The Balaban J connectivity index is 1.60. The van der Waals surface area contributed by atoms with Gasteiger partial charge < -0.3 is 24.4 Å². The number of anilines is 1. The minimum atomic E-state index is -0.909. The Kier molecular flexibility index (Phi) is 7.35. The van der Waals surface area contributed by atoms with Crippen LogP contribution in [0, 0.1) is 0 Å². The second-order valence-corrected chi connectivity index (χ2v) is 8.53. The van der Waals surface area contributed by atoms with Crippen molar-refractivity contribution in [2.45, 2.75) is 26.0 Å². The van der Waals surface area contributed by atoms with E-state index in [-0.39, 0.29) is 30.9 Å². The molecule has 1 aliphatic heterocycles. The van der Waals surface area contributed by atoms with Gasteiger partial charge in [-0.15, -0.1) is 0 Å². The smallest absolute Gasteiger partial charge is 0.329 e. The molecule has 0 saturated carbocycles. The maximum Gasteiger partial charge on any atom is 0.329 e. The van der Waals surface area contributed by atoms with Crippen LogP contribution in [-0.2, 0) is 20.0 Å². The van der Waals surface area contributed by atoms with Gasteiger partial charge in [-0.1, -0.05) is 19.1 Å². The van der Waals surface area contributed by atoms with Crippen LogP contribution in [-0.4, -0.2) is 86.3 Å². The first kappa shape index (κ1) is 24.0. The molecular formula is C23H32N6O5. The summed E-state index contributed by atoms with van der Waals surface area (Å²) in [5, 5.41) is 20.0. The van der Waals surface area contributed by atoms with Gasteiger partial charge in [-0.25, -0.2) is 4.79 Å². The first-order valence-electron chi connectivity index (χ1n) is 11.6. The lowest BCUT2D eigenvalue weighted by Crippen LogP contribution is -2.48. The van der Waals surface area contributed by atoms with Crippen molar-refractivity contribution in [2.75, 3.05) is 50.8 Å². The zero-order valence-corrected chi connectivity index (χ0v) is 19.6. The number of hydrogen-bond acceptors (Lipinski definition) is 8. The molecule has 3 N–H and O–H groups in total. The average Bonchev–Trinajstić information content (AvgIpc) is 3.22. The minimum Gasteiger partial charge on any atom is -0.491 e. The van der Waals surface area contributed by atoms with Crippen molar-refractivity contribution in [3.05, 3.63) is 50.7 Å². The third-order valence-corrected chi connectivity index (χ3v) is 6.20. The highest BCUT2D eigenvalue weighted by Crippen LogP contribution is 2.22. The van der Waals surface area contributed by atoms with Crippen LogP contribution in [0.3, 0.4) is 0 Å². The summed E-state index contributed by atoms with van der Waals surface area (Å²) < 4.78 is 8.78. The lowest BCUT2D eigenvalue weighted by molar-refractivity contribution is 0.0934. The van der Waals surface area contributed by atoms with Crippen molar-refractivity contribution in [1.82, 2.24) is 24.0 Å². The summed E-state index contributed by atoms with van der Waals surface area (Å²) in [4.78, 5) is 36.0. The number of benzene rings is 1.